The summed E-state index contributed by atoms with van der Waals surface area (Å²) in [4.78, 5) is 36.4. The van der Waals surface area contributed by atoms with Gasteiger partial charge in [0.2, 0.25) is 0 Å². The third-order valence-electron chi connectivity index (χ3n) is 2.88. The number of urea groups is 1. The monoisotopic (exact) mass is 263 g/mol. The molecule has 1 aliphatic rings. The van der Waals surface area contributed by atoms with Crippen LogP contribution in [0.3, 0.4) is 0 Å². The minimum Gasteiger partial charge on any atom is -0.496 e. The van der Waals surface area contributed by atoms with Crippen LogP contribution in [0.15, 0.2) is 18.2 Å². The van der Waals surface area contributed by atoms with Crippen molar-refractivity contribution >= 4 is 23.5 Å². The van der Waals surface area contributed by atoms with Gasteiger partial charge in [0.25, 0.3) is 0 Å². The van der Waals surface area contributed by atoms with Crippen molar-refractivity contribution in [2.24, 2.45) is 0 Å². The first-order valence-electron chi connectivity index (χ1n) is 5.51. The molecule has 0 bridgehead atoms. The molecular formula is C12H13N3O4. The largest absolute Gasteiger partial charge is 0.496 e. The molecule has 2 rings (SSSR count). The predicted molar refractivity (Wildman–Crippen MR) is 66.1 cm³/mol. The molecular weight excluding hydrogens is 250 g/mol. The first-order chi connectivity index (χ1) is 8.95. The highest BCUT2D eigenvalue weighted by Crippen LogP contribution is 2.24. The van der Waals surface area contributed by atoms with E-state index in [1.54, 1.807) is 18.2 Å². The molecule has 1 saturated heterocycles. The lowest BCUT2D eigenvalue weighted by molar-refractivity contribution is -0.143. The SMILES string of the molecule is COc1ccc(N)cc1CN1C(=O)C(=O)N(C)C1=O. The number of amides is 4. The van der Waals surface area contributed by atoms with Gasteiger partial charge in [-0.3, -0.25) is 19.4 Å². The van der Waals surface area contributed by atoms with Crippen molar-refractivity contribution in [3.05, 3.63) is 23.8 Å². The first kappa shape index (κ1) is 12.9. The fraction of sp³-hybridized carbons (Fsp3) is 0.250. The number of hydrogen-bond donors (Lipinski definition) is 1. The van der Waals surface area contributed by atoms with Crippen LogP contribution in [0.25, 0.3) is 0 Å². The van der Waals surface area contributed by atoms with E-state index >= 15 is 0 Å². The maximum Gasteiger partial charge on any atom is 0.334 e. The molecule has 0 atom stereocenters. The Balaban J connectivity index is 2.31. The van der Waals surface area contributed by atoms with E-state index in [1.165, 1.54) is 14.2 Å². The fourth-order valence-corrected chi connectivity index (χ4v) is 1.85. The van der Waals surface area contributed by atoms with E-state index in [0.717, 1.165) is 9.80 Å². The van der Waals surface area contributed by atoms with Gasteiger partial charge in [0.1, 0.15) is 5.75 Å². The predicted octanol–water partition coefficient (Wildman–Crippen LogP) is 0.198. The molecule has 1 aromatic carbocycles. The van der Waals surface area contributed by atoms with E-state index in [9.17, 15) is 14.4 Å². The van der Waals surface area contributed by atoms with Gasteiger partial charge >= 0.3 is 17.8 Å². The van der Waals surface area contributed by atoms with Crippen LogP contribution in [0.1, 0.15) is 5.56 Å². The first-order valence-corrected chi connectivity index (χ1v) is 5.51. The number of imide groups is 2. The summed E-state index contributed by atoms with van der Waals surface area (Å²) in [6, 6.07) is 4.23. The highest BCUT2D eigenvalue weighted by molar-refractivity contribution is 6.44. The lowest BCUT2D eigenvalue weighted by Crippen LogP contribution is -2.31. The standard InChI is InChI=1S/C12H13N3O4/c1-14-10(16)11(17)15(12(14)18)6-7-5-8(13)3-4-9(7)19-2/h3-5H,6,13H2,1-2H3. The number of likely N-dealkylation sites (N-methyl/N-ethyl adjacent to an activating group) is 1. The smallest absolute Gasteiger partial charge is 0.334 e. The van der Waals surface area contributed by atoms with Crippen LogP contribution in [-0.4, -0.2) is 41.8 Å². The van der Waals surface area contributed by atoms with Gasteiger partial charge in [0.05, 0.1) is 13.7 Å². The number of nitrogens with zero attached hydrogens (tertiary/aromatic N) is 2. The average molecular weight is 263 g/mol. The van der Waals surface area contributed by atoms with Crippen LogP contribution in [0, 0.1) is 0 Å². The number of carbonyl (C=O) groups excluding carboxylic acids is 3. The normalized spacial score (nSPS) is 15.4. The molecule has 0 spiro atoms. The second kappa shape index (κ2) is 4.60. The van der Waals surface area contributed by atoms with Gasteiger partial charge < -0.3 is 10.5 Å². The van der Waals surface area contributed by atoms with Crippen molar-refractivity contribution in [1.29, 1.82) is 0 Å². The van der Waals surface area contributed by atoms with Crippen molar-refractivity contribution in [3.8, 4) is 5.75 Å². The summed E-state index contributed by atoms with van der Waals surface area (Å²) in [5, 5.41) is 0. The summed E-state index contributed by atoms with van der Waals surface area (Å²) in [6.07, 6.45) is 0. The van der Waals surface area contributed by atoms with Gasteiger partial charge in [-0.2, -0.15) is 0 Å². The summed E-state index contributed by atoms with van der Waals surface area (Å²) >= 11 is 0. The molecule has 1 aromatic rings. The zero-order valence-corrected chi connectivity index (χ0v) is 10.5. The molecule has 0 aliphatic carbocycles. The van der Waals surface area contributed by atoms with Crippen LogP contribution in [0.5, 0.6) is 5.75 Å². The molecule has 1 heterocycles. The molecule has 7 nitrogen and oxygen atoms in total. The molecule has 2 N–H and O–H groups in total. The quantitative estimate of drug-likeness (QED) is 0.477. The summed E-state index contributed by atoms with van der Waals surface area (Å²) in [5.74, 6) is -1.19. The molecule has 100 valence electrons. The molecule has 19 heavy (non-hydrogen) atoms. The van der Waals surface area contributed by atoms with E-state index in [2.05, 4.69) is 0 Å². The maximum atomic E-state index is 11.8. The second-order valence-electron chi connectivity index (χ2n) is 4.11. The number of nitrogen functional groups attached to an aromatic ring is 1. The van der Waals surface area contributed by atoms with Crippen molar-refractivity contribution < 1.29 is 19.1 Å². The number of hydrogen-bond acceptors (Lipinski definition) is 5. The summed E-state index contributed by atoms with van der Waals surface area (Å²) in [5.41, 5.74) is 6.70. The summed E-state index contributed by atoms with van der Waals surface area (Å²) in [6.45, 7) is -0.0536. The van der Waals surface area contributed by atoms with Crippen LogP contribution in [0.2, 0.25) is 0 Å². The van der Waals surface area contributed by atoms with Crippen molar-refractivity contribution in [2.75, 3.05) is 19.9 Å². The molecule has 1 fully saturated rings. The zero-order chi connectivity index (χ0) is 14.2. The minimum absolute atomic E-state index is 0.0536. The van der Waals surface area contributed by atoms with Gasteiger partial charge in [0, 0.05) is 18.3 Å². The van der Waals surface area contributed by atoms with Crippen molar-refractivity contribution in [2.45, 2.75) is 6.54 Å². The Morgan fingerprint density at radius 1 is 1.21 bits per heavy atom. The Morgan fingerprint density at radius 3 is 2.42 bits per heavy atom. The Hall–Kier alpha value is -2.57. The van der Waals surface area contributed by atoms with Crippen LogP contribution < -0.4 is 10.5 Å². The van der Waals surface area contributed by atoms with Gasteiger partial charge in [0.15, 0.2) is 0 Å². The lowest BCUT2D eigenvalue weighted by atomic mass is 10.1. The Morgan fingerprint density at radius 2 is 1.89 bits per heavy atom. The Labute approximate surface area is 109 Å². The molecule has 7 heteroatoms. The zero-order valence-electron chi connectivity index (χ0n) is 10.5. The highest BCUT2D eigenvalue weighted by Gasteiger charge is 2.42. The van der Waals surface area contributed by atoms with Gasteiger partial charge in [-0.25, -0.2) is 4.79 Å². The second-order valence-corrected chi connectivity index (χ2v) is 4.11. The minimum atomic E-state index is -0.850. The van der Waals surface area contributed by atoms with Crippen molar-refractivity contribution in [3.63, 3.8) is 0 Å². The maximum absolute atomic E-state index is 11.8. The fourth-order valence-electron chi connectivity index (χ4n) is 1.85. The number of rotatable bonds is 3. The lowest BCUT2D eigenvalue weighted by Gasteiger charge is -2.15. The number of anilines is 1. The van der Waals surface area contributed by atoms with E-state index in [1.807, 2.05) is 0 Å². The average Bonchev–Trinajstić information content (AvgIpc) is 2.57. The van der Waals surface area contributed by atoms with Gasteiger partial charge in [-0.1, -0.05) is 0 Å². The van der Waals surface area contributed by atoms with Crippen molar-refractivity contribution in [1.82, 2.24) is 9.80 Å². The highest BCUT2D eigenvalue weighted by atomic mass is 16.5. The van der Waals surface area contributed by atoms with E-state index in [4.69, 9.17) is 10.5 Å². The molecule has 0 aromatic heterocycles. The number of methoxy groups -OCH3 is 1. The number of benzene rings is 1. The molecule has 1 aliphatic heterocycles. The number of carbonyl (C=O) groups is 3. The number of nitrogens with two attached hydrogens (primary N) is 1. The molecule has 0 unspecified atom stereocenters. The van der Waals surface area contributed by atoms with Crippen LogP contribution in [-0.2, 0) is 16.1 Å². The summed E-state index contributed by atoms with van der Waals surface area (Å²) < 4.78 is 5.13. The van der Waals surface area contributed by atoms with E-state index < -0.39 is 17.8 Å². The van der Waals surface area contributed by atoms with E-state index in [0.29, 0.717) is 17.0 Å². The van der Waals surface area contributed by atoms with Crippen LogP contribution >= 0.6 is 0 Å². The number of ether oxygens (including phenoxy) is 1. The molecule has 0 radical (unpaired) electrons. The molecule has 4 amide bonds. The van der Waals surface area contributed by atoms with Crippen LogP contribution in [0.4, 0.5) is 10.5 Å². The van der Waals surface area contributed by atoms with Gasteiger partial charge in [-0.05, 0) is 18.2 Å². The van der Waals surface area contributed by atoms with Gasteiger partial charge in [-0.15, -0.1) is 0 Å². The molecule has 0 saturated carbocycles. The third-order valence-corrected chi connectivity index (χ3v) is 2.88. The summed E-state index contributed by atoms with van der Waals surface area (Å²) in [7, 11) is 2.74. The topological polar surface area (TPSA) is 92.9 Å². The third kappa shape index (κ3) is 2.10. The Kier molecular flexibility index (Phi) is 3.12. The Bertz CT molecular complexity index is 570. The van der Waals surface area contributed by atoms with E-state index in [-0.39, 0.29) is 6.54 Å².